The third kappa shape index (κ3) is 3.94. The first-order valence-corrected chi connectivity index (χ1v) is 8.93. The van der Waals surface area contributed by atoms with Crippen molar-refractivity contribution in [2.75, 3.05) is 32.8 Å². The molecule has 2 fully saturated rings. The zero-order valence-electron chi connectivity index (χ0n) is 14.0. The Morgan fingerprint density at radius 3 is 2.71 bits per heavy atom. The SMILES string of the molecule is c1ccc(C2C[C@H]2NCC2CN(CCOc3ccccn3)C2)cc1. The van der Waals surface area contributed by atoms with Crippen LogP contribution in [0.2, 0.25) is 0 Å². The fourth-order valence-corrected chi connectivity index (χ4v) is 3.51. The van der Waals surface area contributed by atoms with E-state index in [0.717, 1.165) is 37.4 Å². The molecule has 2 aliphatic rings. The van der Waals surface area contributed by atoms with E-state index in [1.165, 1.54) is 25.1 Å². The number of ether oxygens (including phenoxy) is 1. The summed E-state index contributed by atoms with van der Waals surface area (Å²) < 4.78 is 5.65. The second-order valence-corrected chi connectivity index (χ2v) is 6.91. The minimum Gasteiger partial charge on any atom is -0.476 e. The number of nitrogens with zero attached hydrogens (tertiary/aromatic N) is 2. The van der Waals surface area contributed by atoms with Crippen molar-refractivity contribution in [2.24, 2.45) is 5.92 Å². The minimum atomic E-state index is 0.689. The van der Waals surface area contributed by atoms with Crippen LogP contribution in [0.25, 0.3) is 0 Å². The number of hydrogen-bond acceptors (Lipinski definition) is 4. The highest BCUT2D eigenvalue weighted by atomic mass is 16.5. The van der Waals surface area contributed by atoms with Gasteiger partial charge in [0, 0.05) is 50.4 Å². The van der Waals surface area contributed by atoms with Crippen LogP contribution >= 0.6 is 0 Å². The van der Waals surface area contributed by atoms with E-state index < -0.39 is 0 Å². The van der Waals surface area contributed by atoms with Crippen LogP contribution in [0.15, 0.2) is 54.7 Å². The molecule has 1 aliphatic heterocycles. The van der Waals surface area contributed by atoms with Gasteiger partial charge in [0.05, 0.1) is 0 Å². The van der Waals surface area contributed by atoms with E-state index in [1.807, 2.05) is 18.2 Å². The molecule has 2 aromatic rings. The van der Waals surface area contributed by atoms with Crippen LogP contribution in [0.3, 0.4) is 0 Å². The molecule has 1 saturated carbocycles. The molecule has 1 N–H and O–H groups in total. The molecule has 0 amide bonds. The molecular formula is C20H25N3O. The number of nitrogens with one attached hydrogen (secondary N) is 1. The summed E-state index contributed by atoms with van der Waals surface area (Å²) in [5.74, 6) is 2.24. The molecule has 4 heteroatoms. The lowest BCUT2D eigenvalue weighted by atomic mass is 10.0. The Hall–Kier alpha value is -1.91. The molecule has 1 unspecified atom stereocenters. The number of pyridine rings is 1. The second kappa shape index (κ2) is 7.32. The number of benzene rings is 1. The third-order valence-electron chi connectivity index (χ3n) is 5.01. The van der Waals surface area contributed by atoms with Gasteiger partial charge in [0.1, 0.15) is 6.61 Å². The van der Waals surface area contributed by atoms with Gasteiger partial charge in [0.25, 0.3) is 0 Å². The molecule has 4 rings (SSSR count). The number of aromatic nitrogens is 1. The van der Waals surface area contributed by atoms with Crippen LogP contribution < -0.4 is 10.1 Å². The Labute approximate surface area is 143 Å². The summed E-state index contributed by atoms with van der Waals surface area (Å²) in [5, 5.41) is 3.74. The molecular weight excluding hydrogens is 298 g/mol. The average molecular weight is 323 g/mol. The van der Waals surface area contributed by atoms with Crippen LogP contribution in [0, 0.1) is 5.92 Å². The molecule has 1 saturated heterocycles. The standard InChI is InChI=1S/C20H25N3O/c1-2-6-17(7-3-1)18-12-19(18)22-13-16-14-23(15-16)10-11-24-20-8-4-5-9-21-20/h1-9,16,18-19,22H,10-15H2/t18?,19-/m1/s1. The van der Waals surface area contributed by atoms with Crippen molar-refractivity contribution >= 4 is 0 Å². The maximum Gasteiger partial charge on any atom is 0.213 e. The molecule has 1 aliphatic carbocycles. The van der Waals surface area contributed by atoms with Gasteiger partial charge in [-0.3, -0.25) is 4.90 Å². The molecule has 2 atom stereocenters. The monoisotopic (exact) mass is 323 g/mol. The highest BCUT2D eigenvalue weighted by molar-refractivity contribution is 5.27. The molecule has 0 bridgehead atoms. The summed E-state index contributed by atoms with van der Waals surface area (Å²) in [6.45, 7) is 5.22. The topological polar surface area (TPSA) is 37.4 Å². The van der Waals surface area contributed by atoms with Gasteiger partial charge in [-0.05, 0) is 24.0 Å². The molecule has 1 aromatic heterocycles. The fraction of sp³-hybridized carbons (Fsp3) is 0.450. The lowest BCUT2D eigenvalue weighted by molar-refractivity contribution is 0.0812. The Kier molecular flexibility index (Phi) is 4.76. The van der Waals surface area contributed by atoms with E-state index in [9.17, 15) is 0 Å². The van der Waals surface area contributed by atoms with E-state index in [4.69, 9.17) is 4.74 Å². The van der Waals surface area contributed by atoms with Crippen LogP contribution in [-0.4, -0.2) is 48.7 Å². The predicted octanol–water partition coefficient (Wildman–Crippen LogP) is 2.54. The van der Waals surface area contributed by atoms with Crippen LogP contribution in [0.1, 0.15) is 17.9 Å². The molecule has 4 nitrogen and oxygen atoms in total. The zero-order chi connectivity index (χ0) is 16.2. The first-order chi connectivity index (χ1) is 11.9. The summed E-state index contributed by atoms with van der Waals surface area (Å²) in [4.78, 5) is 6.63. The molecule has 24 heavy (non-hydrogen) atoms. The first kappa shape index (κ1) is 15.6. The van der Waals surface area contributed by atoms with Crippen molar-refractivity contribution in [3.63, 3.8) is 0 Å². The molecule has 1 aromatic carbocycles. The normalized spacial score (nSPS) is 23.7. The van der Waals surface area contributed by atoms with E-state index >= 15 is 0 Å². The van der Waals surface area contributed by atoms with Crippen molar-refractivity contribution < 1.29 is 4.74 Å². The van der Waals surface area contributed by atoms with Gasteiger partial charge >= 0.3 is 0 Å². The zero-order valence-corrected chi connectivity index (χ0v) is 14.0. The van der Waals surface area contributed by atoms with E-state index in [1.54, 1.807) is 6.20 Å². The van der Waals surface area contributed by atoms with Gasteiger partial charge in [-0.15, -0.1) is 0 Å². The summed E-state index contributed by atoms with van der Waals surface area (Å²) in [5.41, 5.74) is 1.48. The third-order valence-corrected chi connectivity index (χ3v) is 5.01. The average Bonchev–Trinajstić information content (AvgIpc) is 3.37. The van der Waals surface area contributed by atoms with Crippen molar-refractivity contribution in [2.45, 2.75) is 18.4 Å². The van der Waals surface area contributed by atoms with E-state index in [0.29, 0.717) is 6.04 Å². The van der Waals surface area contributed by atoms with Crippen molar-refractivity contribution in [3.8, 4) is 5.88 Å². The molecule has 126 valence electrons. The second-order valence-electron chi connectivity index (χ2n) is 6.91. The molecule has 0 spiro atoms. The van der Waals surface area contributed by atoms with Gasteiger partial charge < -0.3 is 10.1 Å². The van der Waals surface area contributed by atoms with Crippen LogP contribution in [-0.2, 0) is 0 Å². The maximum atomic E-state index is 5.65. The van der Waals surface area contributed by atoms with Crippen molar-refractivity contribution in [1.82, 2.24) is 15.2 Å². The number of rotatable bonds is 8. The van der Waals surface area contributed by atoms with Crippen LogP contribution in [0.4, 0.5) is 0 Å². The summed E-state index contributed by atoms with van der Waals surface area (Å²) >= 11 is 0. The summed E-state index contributed by atoms with van der Waals surface area (Å²) in [7, 11) is 0. The van der Waals surface area contributed by atoms with Gasteiger partial charge in [0.2, 0.25) is 5.88 Å². The fourth-order valence-electron chi connectivity index (χ4n) is 3.51. The predicted molar refractivity (Wildman–Crippen MR) is 95.3 cm³/mol. The number of likely N-dealkylation sites (tertiary alicyclic amines) is 1. The smallest absolute Gasteiger partial charge is 0.213 e. The Morgan fingerprint density at radius 2 is 1.92 bits per heavy atom. The lowest BCUT2D eigenvalue weighted by Gasteiger charge is -2.39. The first-order valence-electron chi connectivity index (χ1n) is 8.93. The largest absolute Gasteiger partial charge is 0.476 e. The van der Waals surface area contributed by atoms with E-state index in [2.05, 4.69) is 45.5 Å². The van der Waals surface area contributed by atoms with Gasteiger partial charge in [-0.25, -0.2) is 4.98 Å². The quantitative estimate of drug-likeness (QED) is 0.810. The van der Waals surface area contributed by atoms with Gasteiger partial charge in [0.15, 0.2) is 0 Å². The Balaban J connectivity index is 1.08. The summed E-state index contributed by atoms with van der Waals surface area (Å²) in [6, 6.07) is 17.3. The van der Waals surface area contributed by atoms with E-state index in [-0.39, 0.29) is 0 Å². The van der Waals surface area contributed by atoms with Crippen molar-refractivity contribution in [1.29, 1.82) is 0 Å². The molecule has 2 heterocycles. The van der Waals surface area contributed by atoms with Gasteiger partial charge in [-0.1, -0.05) is 36.4 Å². The number of hydrogen-bond donors (Lipinski definition) is 1. The Bertz CT molecular complexity index is 628. The minimum absolute atomic E-state index is 0.689. The van der Waals surface area contributed by atoms with Crippen LogP contribution in [0.5, 0.6) is 5.88 Å². The Morgan fingerprint density at radius 1 is 1.08 bits per heavy atom. The highest BCUT2D eigenvalue weighted by Gasteiger charge is 2.38. The summed E-state index contributed by atoms with van der Waals surface area (Å²) in [6.07, 6.45) is 3.06. The van der Waals surface area contributed by atoms with Gasteiger partial charge in [-0.2, -0.15) is 0 Å². The lowest BCUT2D eigenvalue weighted by Crippen LogP contribution is -2.52. The maximum absolute atomic E-state index is 5.65. The highest BCUT2D eigenvalue weighted by Crippen LogP contribution is 2.40. The van der Waals surface area contributed by atoms with Crippen molar-refractivity contribution in [3.05, 3.63) is 60.3 Å². The molecule has 0 radical (unpaired) electrons.